The number of aliphatic carboxylic acids is 1. The van der Waals surface area contributed by atoms with Crippen LogP contribution in [0.25, 0.3) is 5.00 Å². The van der Waals surface area contributed by atoms with Gasteiger partial charge >= 0.3 is 5.97 Å². The van der Waals surface area contributed by atoms with Crippen molar-refractivity contribution in [2.75, 3.05) is 6.61 Å². The molecule has 0 bridgehead atoms. The number of epoxide rings is 1. The molecule has 5 rings (SSSR count). The van der Waals surface area contributed by atoms with Crippen LogP contribution in [0.2, 0.25) is 0 Å². The fourth-order valence-electron chi connectivity index (χ4n) is 4.28. The Morgan fingerprint density at radius 2 is 2.10 bits per heavy atom. The Kier molecular flexibility index (Phi) is 4.79. The maximum Gasteiger partial charge on any atom is 0.309 e. The van der Waals surface area contributed by atoms with Gasteiger partial charge in [-0.05, 0) is 44.4 Å². The summed E-state index contributed by atoms with van der Waals surface area (Å²) in [6.45, 7) is 8.71. The Balaban J connectivity index is 1.80. The topological polar surface area (TPSA) is 92.9 Å². The normalized spacial score (nSPS) is 20.5. The van der Waals surface area contributed by atoms with Crippen LogP contribution in [0, 0.1) is 26.7 Å². The van der Waals surface area contributed by atoms with Gasteiger partial charge in [0, 0.05) is 16.0 Å². The number of carboxylic acid groups (broad SMARTS) is 1. The third kappa shape index (κ3) is 3.21. The van der Waals surface area contributed by atoms with E-state index in [1.165, 1.54) is 4.88 Å². The molecule has 1 saturated heterocycles. The largest absolute Gasteiger partial charge is 0.481 e. The number of benzene rings is 1. The predicted octanol–water partition coefficient (Wildman–Crippen LogP) is 4.33. The summed E-state index contributed by atoms with van der Waals surface area (Å²) in [4.78, 5) is 18.4. The van der Waals surface area contributed by atoms with Gasteiger partial charge < -0.3 is 9.84 Å². The van der Waals surface area contributed by atoms with Gasteiger partial charge in [-0.1, -0.05) is 25.1 Å². The molecule has 0 spiro atoms. The molecule has 0 saturated carbocycles. The fourth-order valence-corrected chi connectivity index (χ4v) is 5.49. The van der Waals surface area contributed by atoms with Crippen molar-refractivity contribution in [2.24, 2.45) is 10.9 Å². The fraction of sp³-hybridized carbons (Fsp3) is 0.391. The van der Waals surface area contributed by atoms with Gasteiger partial charge in [0.25, 0.3) is 0 Å². The number of ether oxygens (including phenoxy) is 1. The zero-order valence-electron chi connectivity index (χ0n) is 17.9. The molecular weight excluding hydrogens is 412 g/mol. The van der Waals surface area contributed by atoms with Crippen LogP contribution in [-0.2, 0) is 9.53 Å². The molecule has 7 nitrogen and oxygen atoms in total. The van der Waals surface area contributed by atoms with Gasteiger partial charge in [0.2, 0.25) is 0 Å². The van der Waals surface area contributed by atoms with Crippen molar-refractivity contribution < 1.29 is 14.6 Å². The van der Waals surface area contributed by atoms with Gasteiger partial charge in [0.1, 0.15) is 23.0 Å². The van der Waals surface area contributed by atoms with E-state index in [1.807, 2.05) is 30.5 Å². The molecule has 3 aromatic rings. The minimum Gasteiger partial charge on any atom is -0.481 e. The molecule has 3 unspecified atom stereocenters. The number of rotatable bonds is 5. The monoisotopic (exact) mass is 436 g/mol. The standard InChI is InChI=1S/C23H24N4O3S/c1-5-16(23(28)29)20-21-26-25-13(4)27(21)22-18(11(2)12(3)31-22)19(24-20)15-8-6-7-14(9-15)17-10-30-17/h6-9,16-17,20H,5,10H2,1-4H3,(H,28,29). The second-order valence-corrected chi connectivity index (χ2v) is 9.33. The summed E-state index contributed by atoms with van der Waals surface area (Å²) in [5.41, 5.74) is 5.08. The Morgan fingerprint density at radius 1 is 1.32 bits per heavy atom. The Bertz CT molecular complexity index is 1220. The summed E-state index contributed by atoms with van der Waals surface area (Å²) >= 11 is 1.67. The Hall–Kier alpha value is -2.84. The van der Waals surface area contributed by atoms with E-state index in [2.05, 4.69) is 36.2 Å². The van der Waals surface area contributed by atoms with E-state index in [9.17, 15) is 9.90 Å². The lowest BCUT2D eigenvalue weighted by Gasteiger charge is -2.19. The van der Waals surface area contributed by atoms with Crippen LogP contribution in [0.4, 0.5) is 0 Å². The second-order valence-electron chi connectivity index (χ2n) is 8.13. The lowest BCUT2D eigenvalue weighted by atomic mass is 9.95. The second kappa shape index (κ2) is 7.39. The summed E-state index contributed by atoms with van der Waals surface area (Å²) in [7, 11) is 0. The first-order valence-electron chi connectivity index (χ1n) is 10.5. The SMILES string of the molecule is CCC(C(=O)O)C1N=C(c2cccc(C3CO3)c2)c2c(sc(C)c2C)-n2c(C)nnc21. The van der Waals surface area contributed by atoms with Crippen LogP contribution in [0.3, 0.4) is 0 Å². The predicted molar refractivity (Wildman–Crippen MR) is 118 cm³/mol. The number of hydrogen-bond acceptors (Lipinski definition) is 6. The first-order valence-corrected chi connectivity index (χ1v) is 11.3. The average molecular weight is 437 g/mol. The van der Waals surface area contributed by atoms with Crippen LogP contribution < -0.4 is 0 Å². The number of nitrogens with zero attached hydrogens (tertiary/aromatic N) is 4. The molecule has 0 amide bonds. The van der Waals surface area contributed by atoms with E-state index < -0.39 is 17.9 Å². The number of fused-ring (bicyclic) bond motifs is 3. The average Bonchev–Trinajstić information content (AvgIpc) is 3.49. The lowest BCUT2D eigenvalue weighted by molar-refractivity contribution is -0.142. The molecule has 1 aromatic carbocycles. The summed E-state index contributed by atoms with van der Waals surface area (Å²) in [5.74, 6) is -0.242. The lowest BCUT2D eigenvalue weighted by Crippen LogP contribution is -2.23. The van der Waals surface area contributed by atoms with Gasteiger partial charge in [0.05, 0.1) is 18.2 Å². The number of aliphatic imine (C=N–C) groups is 1. The smallest absolute Gasteiger partial charge is 0.309 e. The van der Waals surface area contributed by atoms with Crippen LogP contribution in [0.5, 0.6) is 0 Å². The molecule has 160 valence electrons. The van der Waals surface area contributed by atoms with E-state index >= 15 is 0 Å². The van der Waals surface area contributed by atoms with Crippen molar-refractivity contribution in [2.45, 2.75) is 46.3 Å². The number of thiophene rings is 1. The van der Waals surface area contributed by atoms with Crippen LogP contribution in [0.15, 0.2) is 29.3 Å². The van der Waals surface area contributed by atoms with Crippen LogP contribution in [0.1, 0.15) is 64.3 Å². The third-order valence-electron chi connectivity index (χ3n) is 6.19. The highest BCUT2D eigenvalue weighted by molar-refractivity contribution is 7.15. The van der Waals surface area contributed by atoms with Gasteiger partial charge in [-0.2, -0.15) is 0 Å². The maximum atomic E-state index is 12.1. The first kappa shape index (κ1) is 20.1. The van der Waals surface area contributed by atoms with Gasteiger partial charge in [-0.15, -0.1) is 21.5 Å². The summed E-state index contributed by atoms with van der Waals surface area (Å²) < 4.78 is 7.48. The molecule has 0 radical (unpaired) electrons. The van der Waals surface area contributed by atoms with Gasteiger partial charge in [0.15, 0.2) is 5.82 Å². The summed E-state index contributed by atoms with van der Waals surface area (Å²) in [6.07, 6.45) is 0.584. The molecule has 1 N–H and O–H groups in total. The molecular formula is C23H24N4O3S. The Labute approximate surface area is 184 Å². The molecule has 8 heteroatoms. The van der Waals surface area contributed by atoms with Crippen molar-refractivity contribution in [3.63, 3.8) is 0 Å². The van der Waals surface area contributed by atoms with E-state index in [1.54, 1.807) is 11.3 Å². The van der Waals surface area contributed by atoms with E-state index in [0.717, 1.165) is 45.4 Å². The van der Waals surface area contributed by atoms with Gasteiger partial charge in [-0.25, -0.2) is 0 Å². The zero-order chi connectivity index (χ0) is 21.9. The highest BCUT2D eigenvalue weighted by Gasteiger charge is 2.37. The first-order chi connectivity index (χ1) is 14.9. The van der Waals surface area contributed by atoms with Crippen molar-refractivity contribution in [1.29, 1.82) is 0 Å². The molecule has 1 fully saturated rings. The quantitative estimate of drug-likeness (QED) is 0.601. The molecule has 3 atom stereocenters. The number of carboxylic acids is 1. The molecule has 31 heavy (non-hydrogen) atoms. The Morgan fingerprint density at radius 3 is 2.77 bits per heavy atom. The number of carbonyl (C=O) groups is 1. The molecule has 2 aromatic heterocycles. The van der Waals surface area contributed by atoms with E-state index in [0.29, 0.717) is 12.2 Å². The van der Waals surface area contributed by atoms with Crippen molar-refractivity contribution >= 4 is 23.0 Å². The number of aromatic nitrogens is 3. The molecule has 0 aliphatic carbocycles. The summed E-state index contributed by atoms with van der Waals surface area (Å²) in [6, 6.07) is 7.61. The van der Waals surface area contributed by atoms with E-state index in [4.69, 9.17) is 9.73 Å². The zero-order valence-corrected chi connectivity index (χ0v) is 18.7. The van der Waals surface area contributed by atoms with Crippen molar-refractivity contribution in [1.82, 2.24) is 14.8 Å². The highest BCUT2D eigenvalue weighted by atomic mass is 32.1. The van der Waals surface area contributed by atoms with Crippen molar-refractivity contribution in [3.8, 4) is 5.00 Å². The molecule has 2 aliphatic rings. The molecule has 2 aliphatic heterocycles. The number of hydrogen-bond donors (Lipinski definition) is 1. The van der Waals surface area contributed by atoms with Crippen LogP contribution in [-0.4, -0.2) is 38.2 Å². The van der Waals surface area contributed by atoms with E-state index in [-0.39, 0.29) is 6.10 Å². The van der Waals surface area contributed by atoms with Gasteiger partial charge in [-0.3, -0.25) is 14.4 Å². The number of aryl methyl sites for hydroxylation is 2. The summed E-state index contributed by atoms with van der Waals surface area (Å²) in [5, 5.41) is 19.6. The minimum atomic E-state index is -0.874. The highest BCUT2D eigenvalue weighted by Crippen LogP contribution is 2.41. The maximum absolute atomic E-state index is 12.1. The molecule has 4 heterocycles. The minimum absolute atomic E-state index is 0.135. The van der Waals surface area contributed by atoms with Crippen LogP contribution >= 0.6 is 11.3 Å². The third-order valence-corrected chi connectivity index (χ3v) is 7.38. The van der Waals surface area contributed by atoms with Crippen molar-refractivity contribution in [3.05, 3.63) is 63.0 Å².